The van der Waals surface area contributed by atoms with Crippen LogP contribution in [0.15, 0.2) is 364 Å². The first-order valence-electron chi connectivity index (χ1n) is 40.8. The second-order valence-electron chi connectivity index (χ2n) is 31.5. The topological polar surface area (TPSA) is 51.6 Å². The molecule has 4 nitrogen and oxygen atoms in total. The van der Waals surface area contributed by atoms with E-state index < -0.39 is 0 Å². The summed E-state index contributed by atoms with van der Waals surface area (Å²) in [6.45, 7) is 8.72. The molecule has 0 saturated heterocycles. The van der Waals surface area contributed by atoms with Gasteiger partial charge >= 0.3 is 0 Å². The molecule has 0 fully saturated rings. The number of aromatic nitrogens is 4. The summed E-state index contributed by atoms with van der Waals surface area (Å²) >= 11 is 7.43. The molecule has 0 N–H and O–H groups in total. The minimum Gasteiger partial charge on any atom is -0.253 e. The van der Waals surface area contributed by atoms with Crippen LogP contribution in [0.4, 0.5) is 0 Å². The fraction of sp³-hybridized carbons (Fsp3) is 0.0357. The van der Waals surface area contributed by atoms with Gasteiger partial charge in [-0.15, -0.1) is 45.3 Å². The van der Waals surface area contributed by atoms with Gasteiger partial charge in [0.1, 0.15) is 0 Å². The summed E-state index contributed by atoms with van der Waals surface area (Å²) in [6, 6.07) is 129. The molecule has 0 spiro atoms. The first-order chi connectivity index (χ1) is 59.1. The summed E-state index contributed by atoms with van der Waals surface area (Å²) in [6.07, 6.45) is 4.05. The van der Waals surface area contributed by atoms with Crippen LogP contribution < -0.4 is 0 Å². The summed E-state index contributed by atoms with van der Waals surface area (Å²) in [5.74, 6) is 0. The van der Waals surface area contributed by atoms with Crippen LogP contribution in [-0.4, -0.2) is 19.9 Å². The van der Waals surface area contributed by atoms with Gasteiger partial charge in [0.05, 0.1) is 22.1 Å². The number of pyridine rings is 4. The zero-order valence-electron chi connectivity index (χ0n) is 66.1. The van der Waals surface area contributed by atoms with Crippen molar-refractivity contribution in [3.05, 3.63) is 387 Å². The Kier molecular flexibility index (Phi) is 17.2. The van der Waals surface area contributed by atoms with Gasteiger partial charge in [0.2, 0.25) is 0 Å². The smallest absolute Gasteiger partial charge is 0.0974 e. The Morgan fingerprint density at radius 2 is 0.417 bits per heavy atom. The van der Waals surface area contributed by atoms with Crippen molar-refractivity contribution < 1.29 is 0 Å². The maximum atomic E-state index is 5.50. The molecule has 8 heteroatoms. The van der Waals surface area contributed by atoms with Crippen LogP contribution in [0.2, 0.25) is 0 Å². The summed E-state index contributed by atoms with van der Waals surface area (Å²) in [5.41, 5.74) is 31.7. The number of benzene rings is 16. The fourth-order valence-corrected chi connectivity index (χ4v) is 22.9. The second-order valence-corrected chi connectivity index (χ2v) is 35.8. The summed E-state index contributed by atoms with van der Waals surface area (Å²) in [5, 5.41) is 15.0. The van der Waals surface area contributed by atoms with E-state index in [-0.39, 0.29) is 0 Å². The molecule has 564 valence electrons. The summed E-state index contributed by atoms with van der Waals surface area (Å²) in [4.78, 5) is 21.1. The lowest BCUT2D eigenvalue weighted by atomic mass is 9.86. The van der Waals surface area contributed by atoms with E-state index in [1.165, 1.54) is 159 Å². The Balaban J connectivity index is 0.000000143. The van der Waals surface area contributed by atoms with Crippen LogP contribution in [0.3, 0.4) is 0 Å². The third-order valence-electron chi connectivity index (χ3n) is 24.6. The van der Waals surface area contributed by atoms with E-state index in [0.29, 0.717) is 0 Å². The van der Waals surface area contributed by atoms with E-state index in [9.17, 15) is 0 Å². The molecular formula is C112H72N4S4. The molecule has 0 bridgehead atoms. The van der Waals surface area contributed by atoms with Crippen molar-refractivity contribution in [2.45, 2.75) is 27.7 Å². The van der Waals surface area contributed by atoms with E-state index in [1.54, 1.807) is 0 Å². The number of thiophene rings is 4. The van der Waals surface area contributed by atoms with Gasteiger partial charge in [-0.2, -0.15) is 0 Å². The van der Waals surface area contributed by atoms with Crippen molar-refractivity contribution in [1.82, 2.24) is 19.9 Å². The lowest BCUT2D eigenvalue weighted by molar-refractivity contribution is 1.23. The molecule has 8 aromatic heterocycles. The first-order valence-corrected chi connectivity index (χ1v) is 44.0. The van der Waals surface area contributed by atoms with Crippen molar-refractivity contribution in [3.8, 4) is 111 Å². The van der Waals surface area contributed by atoms with Crippen molar-refractivity contribution in [2.24, 2.45) is 0 Å². The Hall–Kier alpha value is -14.0. The number of hydrogen-bond donors (Lipinski definition) is 0. The minimum atomic E-state index is 0.916. The van der Waals surface area contributed by atoms with Crippen molar-refractivity contribution >= 4 is 170 Å². The maximum absolute atomic E-state index is 5.50. The fourth-order valence-electron chi connectivity index (χ4n) is 18.5. The molecule has 0 aliphatic heterocycles. The van der Waals surface area contributed by atoms with E-state index in [2.05, 4.69) is 380 Å². The quantitative estimate of drug-likeness (QED) is 0.128. The van der Waals surface area contributed by atoms with E-state index >= 15 is 0 Å². The van der Waals surface area contributed by atoms with Gasteiger partial charge < -0.3 is 0 Å². The first kappa shape index (κ1) is 71.4. The molecule has 0 atom stereocenters. The maximum Gasteiger partial charge on any atom is 0.0974 e. The molecular weight excluding hydrogens is 1530 g/mol. The molecule has 0 saturated carbocycles. The van der Waals surface area contributed by atoms with Gasteiger partial charge in [-0.1, -0.05) is 279 Å². The largest absolute Gasteiger partial charge is 0.253 e. The monoisotopic (exact) mass is 1600 g/mol. The molecule has 120 heavy (non-hydrogen) atoms. The number of rotatable bonds is 10. The molecule has 0 aliphatic carbocycles. The van der Waals surface area contributed by atoms with Gasteiger partial charge in [-0.25, -0.2) is 0 Å². The van der Waals surface area contributed by atoms with Crippen LogP contribution in [0.5, 0.6) is 0 Å². The molecule has 8 heterocycles. The highest BCUT2D eigenvalue weighted by Crippen LogP contribution is 2.49. The third kappa shape index (κ3) is 12.1. The van der Waals surface area contributed by atoms with Gasteiger partial charge in [-0.3, -0.25) is 19.9 Å². The average Bonchev–Trinajstić information content (AvgIpc) is 1.74. The predicted molar refractivity (Wildman–Crippen MR) is 519 cm³/mol. The van der Waals surface area contributed by atoms with Crippen molar-refractivity contribution in [2.75, 3.05) is 0 Å². The normalized spacial score (nSPS) is 11.8. The molecule has 16 aromatic carbocycles. The van der Waals surface area contributed by atoms with E-state index in [0.717, 1.165) is 99.5 Å². The number of aryl methyl sites for hydroxylation is 4. The van der Waals surface area contributed by atoms with Crippen molar-refractivity contribution in [1.29, 1.82) is 0 Å². The average molecular weight is 1600 g/mol. The highest BCUT2D eigenvalue weighted by atomic mass is 32.1. The Morgan fingerprint density at radius 3 is 0.725 bits per heavy atom. The molecule has 0 aliphatic rings. The summed E-state index contributed by atoms with van der Waals surface area (Å²) in [7, 11) is 0. The highest BCUT2D eigenvalue weighted by Gasteiger charge is 2.25. The third-order valence-corrected chi connectivity index (χ3v) is 29.2. The standard InChI is InChI=1S/C62H40N2S2.C50H32N2S2/c1-37-57(43-25-21-39(22-26-43)45-29-33-55-51(35-45)47-17-9-11-19-53(47)65-55)59(41-13-5-3-6-14-41)49-31-32-50-60(42-15-7-4-8-16-42)58(38(2)64-62(50)61(49)63-37)44-27-23-40(24-28-44)46-30-34-56-52(36-46)48-18-10-12-20-54(48)66-56;1-29-37-21-22-38-30(2)44(34-17-13-32(14-18-34)36-20-24-48-42(26-36)40-8-4-6-10-46(40)54-48)28-52-50(38)49(37)51-27-43(29)33-15-11-31(12-16-33)35-19-23-47-41(25-35)39-7-3-5-9-45(39)53-47/h3-36H,1-2H3;3-28H,1-2H3. The van der Waals surface area contributed by atoms with E-state index in [1.807, 2.05) is 57.7 Å². The second kappa shape index (κ2) is 29.0. The lowest BCUT2D eigenvalue weighted by Gasteiger charge is -2.20. The van der Waals surface area contributed by atoms with Crippen LogP contribution in [0.25, 0.3) is 236 Å². The Bertz CT molecular complexity index is 7800. The Labute approximate surface area is 709 Å². The number of hydrogen-bond acceptors (Lipinski definition) is 8. The Morgan fingerprint density at radius 1 is 0.175 bits per heavy atom. The molecule has 0 radical (unpaired) electrons. The number of nitrogens with zero attached hydrogens (tertiary/aromatic N) is 4. The van der Waals surface area contributed by atoms with Gasteiger partial charge in [-0.05, 0) is 190 Å². The zero-order valence-corrected chi connectivity index (χ0v) is 69.3. The summed E-state index contributed by atoms with van der Waals surface area (Å²) < 4.78 is 10.6. The van der Waals surface area contributed by atoms with Crippen LogP contribution in [0, 0.1) is 27.7 Å². The minimum absolute atomic E-state index is 0.916. The molecule has 24 aromatic rings. The zero-order chi connectivity index (χ0) is 79.8. The molecule has 24 rings (SSSR count). The predicted octanol–water partition coefficient (Wildman–Crippen LogP) is 32.9. The number of fused-ring (bicyclic) bond motifs is 18. The van der Waals surface area contributed by atoms with Gasteiger partial charge in [0.25, 0.3) is 0 Å². The highest BCUT2D eigenvalue weighted by molar-refractivity contribution is 7.27. The van der Waals surface area contributed by atoms with E-state index in [4.69, 9.17) is 19.9 Å². The molecule has 0 amide bonds. The molecule has 0 unspecified atom stereocenters. The SMILES string of the molecule is Cc1c(-c2ccc(-c3ccc4sc5ccccc5c4c3)cc2)cnc2c1ccc1c(C)c(-c3ccc(-c4ccc5sc6ccccc6c5c4)cc3)cnc12.Cc1nc2c(ccc3c(-c4ccccc4)c(-c4ccc(-c5ccc6sc7ccccc7c6c5)cc4)c(C)nc32)c(-c2ccccc2)c1-c1ccc(-c2ccc3sc4ccccc4c3c2)cc1. The van der Waals surface area contributed by atoms with Crippen LogP contribution >= 0.6 is 45.3 Å². The van der Waals surface area contributed by atoms with Gasteiger partial charge in [0.15, 0.2) is 0 Å². The van der Waals surface area contributed by atoms with Crippen LogP contribution in [0.1, 0.15) is 22.5 Å². The van der Waals surface area contributed by atoms with Crippen molar-refractivity contribution in [3.63, 3.8) is 0 Å². The lowest BCUT2D eigenvalue weighted by Crippen LogP contribution is -2.00. The van der Waals surface area contributed by atoms with Crippen LogP contribution in [-0.2, 0) is 0 Å². The van der Waals surface area contributed by atoms with Gasteiger partial charge in [0, 0.05) is 159 Å².